The standard InChI is InChI=1S/C20H24N8O2/c1-11(21)9-26(3)19-24-16-17(25-19)27(4)20(30)28(18(16)29)10-15-22-12(2)13-7-5-6-8-14(13)23-15/h5-8,11H,9-10,21H2,1-4H3,(H,24,25)/t11-/m0/s1. The van der Waals surface area contributed by atoms with E-state index in [2.05, 4.69) is 19.9 Å². The number of imidazole rings is 1. The highest BCUT2D eigenvalue weighted by molar-refractivity contribution is 5.80. The monoisotopic (exact) mass is 408 g/mol. The molecule has 10 heteroatoms. The van der Waals surface area contributed by atoms with E-state index in [-0.39, 0.29) is 18.1 Å². The maximum absolute atomic E-state index is 13.1. The Morgan fingerprint density at radius 2 is 1.93 bits per heavy atom. The van der Waals surface area contributed by atoms with Crippen molar-refractivity contribution in [1.82, 2.24) is 29.1 Å². The summed E-state index contributed by atoms with van der Waals surface area (Å²) >= 11 is 0. The van der Waals surface area contributed by atoms with Gasteiger partial charge >= 0.3 is 5.69 Å². The molecule has 4 rings (SSSR count). The van der Waals surface area contributed by atoms with Crippen LogP contribution >= 0.6 is 0 Å². The zero-order chi connectivity index (χ0) is 21.6. The summed E-state index contributed by atoms with van der Waals surface area (Å²) in [7, 11) is 3.41. The summed E-state index contributed by atoms with van der Waals surface area (Å²) in [6, 6.07) is 7.56. The van der Waals surface area contributed by atoms with Gasteiger partial charge in [-0.25, -0.2) is 14.8 Å². The van der Waals surface area contributed by atoms with Crippen molar-refractivity contribution >= 4 is 28.0 Å². The van der Waals surface area contributed by atoms with Crippen molar-refractivity contribution < 1.29 is 0 Å². The van der Waals surface area contributed by atoms with Gasteiger partial charge in [0.15, 0.2) is 11.2 Å². The smallest absolute Gasteiger partial charge is 0.332 e. The summed E-state index contributed by atoms with van der Waals surface area (Å²) < 4.78 is 2.48. The summed E-state index contributed by atoms with van der Waals surface area (Å²) in [5.74, 6) is 0.878. The van der Waals surface area contributed by atoms with Gasteiger partial charge in [0.1, 0.15) is 5.82 Å². The molecule has 0 bridgehead atoms. The van der Waals surface area contributed by atoms with Crippen LogP contribution < -0.4 is 21.9 Å². The Labute approximate surface area is 172 Å². The number of rotatable bonds is 5. The summed E-state index contributed by atoms with van der Waals surface area (Å²) in [4.78, 5) is 44.3. The predicted octanol–water partition coefficient (Wildman–Crippen LogP) is 0.507. The fourth-order valence-electron chi connectivity index (χ4n) is 3.58. The normalized spacial score (nSPS) is 12.6. The number of nitrogens with zero attached hydrogens (tertiary/aromatic N) is 6. The van der Waals surface area contributed by atoms with Gasteiger partial charge in [-0.05, 0) is 19.9 Å². The molecule has 30 heavy (non-hydrogen) atoms. The molecule has 3 N–H and O–H groups in total. The number of aryl methyl sites for hydroxylation is 2. The van der Waals surface area contributed by atoms with Crippen molar-refractivity contribution in [2.24, 2.45) is 12.8 Å². The van der Waals surface area contributed by atoms with E-state index in [1.165, 1.54) is 4.57 Å². The number of anilines is 1. The van der Waals surface area contributed by atoms with Gasteiger partial charge < -0.3 is 15.6 Å². The first kappa shape index (κ1) is 19.8. The Morgan fingerprint density at radius 1 is 1.20 bits per heavy atom. The molecule has 3 heterocycles. The Hall–Kier alpha value is -3.53. The molecular weight excluding hydrogens is 384 g/mol. The lowest BCUT2D eigenvalue weighted by atomic mass is 10.2. The van der Waals surface area contributed by atoms with Crippen LogP contribution in [0.15, 0.2) is 33.9 Å². The van der Waals surface area contributed by atoms with Gasteiger partial charge in [0.05, 0.1) is 12.1 Å². The van der Waals surface area contributed by atoms with E-state index in [0.717, 1.165) is 21.2 Å². The van der Waals surface area contributed by atoms with Gasteiger partial charge in [-0.2, -0.15) is 4.98 Å². The minimum Gasteiger partial charge on any atom is -0.344 e. The first-order chi connectivity index (χ1) is 14.3. The molecule has 0 aliphatic carbocycles. The van der Waals surface area contributed by atoms with E-state index in [4.69, 9.17) is 5.73 Å². The Bertz CT molecular complexity index is 1370. The molecule has 4 aromatic rings. The third-order valence-corrected chi connectivity index (χ3v) is 5.03. The maximum atomic E-state index is 13.1. The van der Waals surface area contributed by atoms with Gasteiger partial charge in [-0.3, -0.25) is 13.9 Å². The molecule has 0 amide bonds. The van der Waals surface area contributed by atoms with Crippen LogP contribution in [0.3, 0.4) is 0 Å². The average molecular weight is 408 g/mol. The number of hydrogen-bond acceptors (Lipinski definition) is 7. The Morgan fingerprint density at radius 3 is 2.67 bits per heavy atom. The molecule has 156 valence electrons. The van der Waals surface area contributed by atoms with E-state index in [1.54, 1.807) is 7.05 Å². The van der Waals surface area contributed by atoms with Crippen LogP contribution in [0.5, 0.6) is 0 Å². The first-order valence-electron chi connectivity index (χ1n) is 9.64. The highest BCUT2D eigenvalue weighted by atomic mass is 16.2. The van der Waals surface area contributed by atoms with E-state index in [0.29, 0.717) is 24.0 Å². The topological polar surface area (TPSA) is 128 Å². The van der Waals surface area contributed by atoms with Crippen LogP contribution in [-0.4, -0.2) is 48.7 Å². The Kier molecular flexibility index (Phi) is 4.86. The number of likely N-dealkylation sites (N-methyl/N-ethyl adjacent to an activating group) is 1. The summed E-state index contributed by atoms with van der Waals surface area (Å²) in [6.07, 6.45) is 0. The van der Waals surface area contributed by atoms with Gasteiger partial charge in [0.2, 0.25) is 5.95 Å². The van der Waals surface area contributed by atoms with Crippen molar-refractivity contribution in [2.45, 2.75) is 26.4 Å². The predicted molar refractivity (Wildman–Crippen MR) is 116 cm³/mol. The van der Waals surface area contributed by atoms with Crippen molar-refractivity contribution in [3.63, 3.8) is 0 Å². The van der Waals surface area contributed by atoms with Crippen LogP contribution in [0.1, 0.15) is 18.4 Å². The van der Waals surface area contributed by atoms with Crippen LogP contribution in [0.25, 0.3) is 22.1 Å². The number of aromatic amines is 1. The molecule has 0 radical (unpaired) electrons. The van der Waals surface area contributed by atoms with Crippen LogP contribution in [-0.2, 0) is 13.6 Å². The van der Waals surface area contributed by atoms with E-state index < -0.39 is 11.2 Å². The zero-order valence-electron chi connectivity index (χ0n) is 17.4. The number of fused-ring (bicyclic) bond motifs is 2. The zero-order valence-corrected chi connectivity index (χ0v) is 17.4. The summed E-state index contributed by atoms with van der Waals surface area (Å²) in [5, 5.41) is 0.937. The number of nitrogens with two attached hydrogens (primary N) is 1. The largest absolute Gasteiger partial charge is 0.344 e. The molecular formula is C20H24N8O2. The Balaban J connectivity index is 1.82. The third kappa shape index (κ3) is 3.35. The van der Waals surface area contributed by atoms with Crippen LogP contribution in [0.4, 0.5) is 5.95 Å². The SMILES string of the molecule is Cc1nc(Cn2c(=O)c3[nH]c(N(C)C[C@H](C)N)nc3n(C)c2=O)nc2ccccc12. The van der Waals surface area contributed by atoms with Gasteiger partial charge in [0.25, 0.3) is 5.56 Å². The molecule has 0 saturated carbocycles. The van der Waals surface area contributed by atoms with Crippen molar-refractivity contribution in [2.75, 3.05) is 18.5 Å². The third-order valence-electron chi connectivity index (χ3n) is 5.03. The average Bonchev–Trinajstić information content (AvgIpc) is 3.15. The fraction of sp³-hybridized carbons (Fsp3) is 0.350. The molecule has 0 saturated heterocycles. The number of para-hydroxylation sites is 1. The molecule has 3 aromatic heterocycles. The van der Waals surface area contributed by atoms with E-state index >= 15 is 0 Å². The number of benzene rings is 1. The number of hydrogen-bond donors (Lipinski definition) is 2. The minimum absolute atomic E-state index is 0.0306. The molecule has 0 aliphatic heterocycles. The van der Waals surface area contributed by atoms with Gasteiger partial charge in [0, 0.05) is 37.8 Å². The molecule has 1 atom stereocenters. The second-order valence-corrected chi connectivity index (χ2v) is 7.59. The quantitative estimate of drug-likeness (QED) is 0.492. The van der Waals surface area contributed by atoms with Crippen molar-refractivity contribution in [3.8, 4) is 0 Å². The molecule has 10 nitrogen and oxygen atoms in total. The van der Waals surface area contributed by atoms with Crippen molar-refractivity contribution in [1.29, 1.82) is 0 Å². The molecule has 0 aliphatic rings. The lowest BCUT2D eigenvalue weighted by Crippen LogP contribution is -2.39. The highest BCUT2D eigenvalue weighted by Gasteiger charge is 2.18. The molecule has 0 spiro atoms. The lowest BCUT2D eigenvalue weighted by molar-refractivity contribution is 0.636. The number of nitrogens with one attached hydrogen (secondary N) is 1. The fourth-order valence-corrected chi connectivity index (χ4v) is 3.58. The number of H-pyrrole nitrogens is 1. The minimum atomic E-state index is -0.477. The van der Waals surface area contributed by atoms with E-state index in [1.807, 2.05) is 50.1 Å². The number of aromatic nitrogens is 6. The van der Waals surface area contributed by atoms with E-state index in [9.17, 15) is 9.59 Å². The molecule has 0 fully saturated rings. The second kappa shape index (κ2) is 7.38. The van der Waals surface area contributed by atoms with Crippen molar-refractivity contribution in [3.05, 3.63) is 56.6 Å². The summed E-state index contributed by atoms with van der Waals surface area (Å²) in [5.41, 5.74) is 7.02. The van der Waals surface area contributed by atoms with Gasteiger partial charge in [-0.15, -0.1) is 0 Å². The molecule has 0 unspecified atom stereocenters. The highest BCUT2D eigenvalue weighted by Crippen LogP contribution is 2.15. The molecule has 1 aromatic carbocycles. The lowest BCUT2D eigenvalue weighted by Gasteiger charge is -2.17. The van der Waals surface area contributed by atoms with Crippen LogP contribution in [0, 0.1) is 6.92 Å². The maximum Gasteiger partial charge on any atom is 0.332 e. The first-order valence-corrected chi connectivity index (χ1v) is 9.64. The van der Waals surface area contributed by atoms with Gasteiger partial charge in [-0.1, -0.05) is 18.2 Å². The van der Waals surface area contributed by atoms with Crippen LogP contribution in [0.2, 0.25) is 0 Å². The summed E-state index contributed by atoms with van der Waals surface area (Å²) in [6.45, 7) is 4.28. The second-order valence-electron chi connectivity index (χ2n) is 7.59.